The number of hydrogen-bond acceptors (Lipinski definition) is 4. The molecule has 0 spiro atoms. The number of hydrogen-bond donors (Lipinski definition) is 1. The molecule has 0 saturated carbocycles. The van der Waals surface area contributed by atoms with Gasteiger partial charge in [-0.25, -0.2) is 0 Å². The Morgan fingerprint density at radius 2 is 1.59 bits per heavy atom. The maximum absolute atomic E-state index is 12.8. The standard InChI is InChI=1S/C22H31NO2S2/c1-13(2)12-23-19(25)17(27-20(23)26)11-14-9-15(21(3,4)5)18(24)16(10-14)22(6,7)8/h9-11,13,24H,12H2,1-8H3/b17-11-. The number of rotatable bonds is 3. The molecule has 1 amide bonds. The van der Waals surface area contributed by atoms with Crippen molar-refractivity contribution in [2.24, 2.45) is 5.92 Å². The first-order chi connectivity index (χ1) is 12.2. The van der Waals surface area contributed by atoms with Gasteiger partial charge >= 0.3 is 0 Å². The lowest BCUT2D eigenvalue weighted by Crippen LogP contribution is -2.31. The second-order valence-corrected chi connectivity index (χ2v) is 11.3. The zero-order valence-electron chi connectivity index (χ0n) is 17.6. The summed E-state index contributed by atoms with van der Waals surface area (Å²) in [6.07, 6.45) is 1.91. The van der Waals surface area contributed by atoms with Crippen molar-refractivity contribution in [1.82, 2.24) is 4.90 Å². The van der Waals surface area contributed by atoms with Crippen LogP contribution in [0, 0.1) is 5.92 Å². The Labute approximate surface area is 173 Å². The smallest absolute Gasteiger partial charge is 0.266 e. The van der Waals surface area contributed by atoms with Gasteiger partial charge < -0.3 is 5.11 Å². The first-order valence-electron chi connectivity index (χ1n) is 9.35. The highest BCUT2D eigenvalue weighted by molar-refractivity contribution is 8.26. The van der Waals surface area contributed by atoms with Crippen LogP contribution in [-0.2, 0) is 15.6 Å². The number of phenolic OH excluding ortho intramolecular Hbond substituents is 1. The minimum Gasteiger partial charge on any atom is -0.507 e. The van der Waals surface area contributed by atoms with Crippen LogP contribution in [0.5, 0.6) is 5.75 Å². The molecule has 0 radical (unpaired) electrons. The molecular formula is C22H31NO2S2. The number of thioether (sulfide) groups is 1. The molecule has 27 heavy (non-hydrogen) atoms. The predicted octanol–water partition coefficient (Wildman–Crippen LogP) is 5.84. The van der Waals surface area contributed by atoms with Gasteiger partial charge in [0.15, 0.2) is 0 Å². The van der Waals surface area contributed by atoms with Gasteiger partial charge in [0.2, 0.25) is 0 Å². The van der Waals surface area contributed by atoms with E-state index in [0.29, 0.717) is 27.4 Å². The van der Waals surface area contributed by atoms with Crippen LogP contribution in [0.2, 0.25) is 0 Å². The summed E-state index contributed by atoms with van der Waals surface area (Å²) in [6.45, 7) is 17.3. The number of phenols is 1. The summed E-state index contributed by atoms with van der Waals surface area (Å²) in [7, 11) is 0. The molecule has 2 rings (SSSR count). The van der Waals surface area contributed by atoms with Gasteiger partial charge in [0.25, 0.3) is 5.91 Å². The first kappa shape index (κ1) is 22.0. The molecule has 0 unspecified atom stereocenters. The van der Waals surface area contributed by atoms with Crippen LogP contribution in [0.4, 0.5) is 0 Å². The minimum absolute atomic E-state index is 0.0265. The lowest BCUT2D eigenvalue weighted by atomic mass is 9.78. The lowest BCUT2D eigenvalue weighted by molar-refractivity contribution is -0.122. The lowest BCUT2D eigenvalue weighted by Gasteiger charge is -2.28. The van der Waals surface area contributed by atoms with E-state index in [1.807, 2.05) is 18.2 Å². The molecule has 1 heterocycles. The Balaban J connectivity index is 2.55. The van der Waals surface area contributed by atoms with Crippen LogP contribution in [0.1, 0.15) is 72.1 Å². The second-order valence-electron chi connectivity index (χ2n) is 9.65. The van der Waals surface area contributed by atoms with Gasteiger partial charge in [-0.15, -0.1) is 0 Å². The van der Waals surface area contributed by atoms with E-state index in [0.717, 1.165) is 16.7 Å². The van der Waals surface area contributed by atoms with Crippen molar-refractivity contribution in [2.45, 2.75) is 66.2 Å². The fourth-order valence-electron chi connectivity index (χ4n) is 3.06. The van der Waals surface area contributed by atoms with Crippen molar-refractivity contribution in [2.75, 3.05) is 6.54 Å². The largest absolute Gasteiger partial charge is 0.507 e. The molecule has 0 aliphatic carbocycles. The molecule has 1 N–H and O–H groups in total. The molecular weight excluding hydrogens is 374 g/mol. The predicted molar refractivity (Wildman–Crippen MR) is 120 cm³/mol. The molecule has 0 aromatic heterocycles. The maximum Gasteiger partial charge on any atom is 0.266 e. The average Bonchev–Trinajstić information content (AvgIpc) is 2.73. The third kappa shape index (κ3) is 4.94. The zero-order chi connectivity index (χ0) is 20.7. The number of amides is 1. The second kappa shape index (κ2) is 7.59. The summed E-state index contributed by atoms with van der Waals surface area (Å²) < 4.78 is 0.616. The summed E-state index contributed by atoms with van der Waals surface area (Å²) >= 11 is 6.76. The Morgan fingerprint density at radius 3 is 2.00 bits per heavy atom. The highest BCUT2D eigenvalue weighted by Crippen LogP contribution is 2.41. The van der Waals surface area contributed by atoms with E-state index in [9.17, 15) is 9.90 Å². The number of thiocarbonyl (C=S) groups is 1. The summed E-state index contributed by atoms with van der Waals surface area (Å²) in [5.41, 5.74) is 2.29. The Hall–Kier alpha value is -1.33. The van der Waals surface area contributed by atoms with Crippen molar-refractivity contribution in [3.8, 4) is 5.75 Å². The number of carbonyl (C=O) groups excluding carboxylic acids is 1. The van der Waals surface area contributed by atoms with Gasteiger partial charge in [-0.05, 0) is 40.5 Å². The monoisotopic (exact) mass is 405 g/mol. The van der Waals surface area contributed by atoms with Crippen LogP contribution in [0.15, 0.2) is 17.0 Å². The van der Waals surface area contributed by atoms with E-state index in [2.05, 4.69) is 55.4 Å². The SMILES string of the molecule is CC(C)CN1C(=O)/C(=C/c2cc(C(C)(C)C)c(O)c(C(C)(C)C)c2)SC1=S. The summed E-state index contributed by atoms with van der Waals surface area (Å²) in [5, 5.41) is 10.9. The summed E-state index contributed by atoms with van der Waals surface area (Å²) in [4.78, 5) is 15.1. The Morgan fingerprint density at radius 1 is 1.11 bits per heavy atom. The minimum atomic E-state index is -0.204. The molecule has 0 bridgehead atoms. The van der Waals surface area contributed by atoms with Crippen molar-refractivity contribution in [3.05, 3.63) is 33.7 Å². The van der Waals surface area contributed by atoms with Crippen molar-refractivity contribution < 1.29 is 9.90 Å². The van der Waals surface area contributed by atoms with E-state index in [4.69, 9.17) is 12.2 Å². The van der Waals surface area contributed by atoms with Crippen LogP contribution >= 0.6 is 24.0 Å². The van der Waals surface area contributed by atoms with E-state index in [1.165, 1.54) is 11.8 Å². The number of aromatic hydroxyl groups is 1. The highest BCUT2D eigenvalue weighted by Gasteiger charge is 2.33. The third-order valence-electron chi connectivity index (χ3n) is 4.47. The summed E-state index contributed by atoms with van der Waals surface area (Å²) in [5.74, 6) is 0.682. The van der Waals surface area contributed by atoms with E-state index in [1.54, 1.807) is 4.90 Å². The Kier molecular flexibility index (Phi) is 6.18. The molecule has 1 aromatic rings. The van der Waals surface area contributed by atoms with Crippen LogP contribution < -0.4 is 0 Å². The molecule has 1 saturated heterocycles. The number of carbonyl (C=O) groups is 1. The van der Waals surface area contributed by atoms with Crippen molar-refractivity contribution in [1.29, 1.82) is 0 Å². The van der Waals surface area contributed by atoms with Crippen LogP contribution in [0.25, 0.3) is 6.08 Å². The molecule has 148 valence electrons. The molecule has 1 aliphatic rings. The van der Waals surface area contributed by atoms with Gasteiger partial charge in [0.05, 0.1) is 4.91 Å². The average molecular weight is 406 g/mol. The first-order valence-corrected chi connectivity index (χ1v) is 10.6. The number of nitrogens with zero attached hydrogens (tertiary/aromatic N) is 1. The van der Waals surface area contributed by atoms with Crippen LogP contribution in [-0.4, -0.2) is 26.8 Å². The molecule has 1 aliphatic heterocycles. The highest BCUT2D eigenvalue weighted by atomic mass is 32.2. The Bertz CT molecular complexity index is 761. The topological polar surface area (TPSA) is 40.5 Å². The third-order valence-corrected chi connectivity index (χ3v) is 5.85. The van der Waals surface area contributed by atoms with Gasteiger partial charge in [-0.3, -0.25) is 9.69 Å². The molecule has 5 heteroatoms. The van der Waals surface area contributed by atoms with Gasteiger partial charge in [0, 0.05) is 17.7 Å². The zero-order valence-corrected chi connectivity index (χ0v) is 19.3. The van der Waals surface area contributed by atoms with Crippen molar-refractivity contribution in [3.63, 3.8) is 0 Å². The van der Waals surface area contributed by atoms with E-state index >= 15 is 0 Å². The van der Waals surface area contributed by atoms with E-state index < -0.39 is 0 Å². The molecule has 0 atom stereocenters. The van der Waals surface area contributed by atoms with Crippen LogP contribution in [0.3, 0.4) is 0 Å². The quantitative estimate of drug-likeness (QED) is 0.506. The van der Waals surface area contributed by atoms with Gasteiger partial charge in [-0.2, -0.15) is 0 Å². The number of benzene rings is 1. The molecule has 1 aromatic carbocycles. The summed E-state index contributed by atoms with van der Waals surface area (Å²) in [6, 6.07) is 3.97. The van der Waals surface area contributed by atoms with E-state index in [-0.39, 0.29) is 16.7 Å². The normalized spacial score (nSPS) is 17.5. The maximum atomic E-state index is 12.8. The molecule has 3 nitrogen and oxygen atoms in total. The van der Waals surface area contributed by atoms with Crippen molar-refractivity contribution >= 4 is 40.3 Å². The fourth-order valence-corrected chi connectivity index (χ4v) is 4.33. The van der Waals surface area contributed by atoms with Gasteiger partial charge in [-0.1, -0.05) is 79.4 Å². The fraction of sp³-hybridized carbons (Fsp3) is 0.545. The molecule has 1 fully saturated rings. The van der Waals surface area contributed by atoms with Gasteiger partial charge in [0.1, 0.15) is 10.1 Å².